The summed E-state index contributed by atoms with van der Waals surface area (Å²) in [6.07, 6.45) is 1.65. The number of ether oxygens (including phenoxy) is 1. The van der Waals surface area contributed by atoms with E-state index in [9.17, 15) is 0 Å². The maximum atomic E-state index is 5.63. The molecule has 0 aromatic carbocycles. The number of methoxy groups -OCH3 is 1. The van der Waals surface area contributed by atoms with Gasteiger partial charge in [0.15, 0.2) is 0 Å². The largest absolute Gasteiger partial charge is 0.397 e. The molecule has 0 saturated carbocycles. The Balaban J connectivity index is 2.86. The van der Waals surface area contributed by atoms with Crippen LogP contribution in [0, 0.1) is 0 Å². The smallest absolute Gasteiger partial charge is 0.143 e. The van der Waals surface area contributed by atoms with E-state index in [1.54, 1.807) is 13.3 Å². The molecule has 2 N–H and O–H groups in total. The maximum Gasteiger partial charge on any atom is 0.143 e. The van der Waals surface area contributed by atoms with Gasteiger partial charge in [-0.05, 0) is 28.9 Å². The van der Waals surface area contributed by atoms with E-state index < -0.39 is 0 Å². The second-order valence-corrected chi connectivity index (χ2v) is 4.34. The van der Waals surface area contributed by atoms with Gasteiger partial charge in [0.25, 0.3) is 0 Å². The Bertz CT molecular complexity index is 332. The van der Waals surface area contributed by atoms with Crippen LogP contribution >= 0.6 is 15.9 Å². The van der Waals surface area contributed by atoms with Crippen LogP contribution < -0.4 is 10.6 Å². The standard InChI is InChI=1S/C10H16BrN3O/c1-7(6-15-3)14(2)10-9(11)4-8(12)5-13-10/h4-5,7H,6,12H2,1-3H3. The molecular weight excluding hydrogens is 258 g/mol. The third-order valence-electron chi connectivity index (χ3n) is 2.25. The summed E-state index contributed by atoms with van der Waals surface area (Å²) >= 11 is 3.44. The van der Waals surface area contributed by atoms with Gasteiger partial charge in [0.05, 0.1) is 29.0 Å². The van der Waals surface area contributed by atoms with Crippen LogP contribution in [0.25, 0.3) is 0 Å². The van der Waals surface area contributed by atoms with Crippen LogP contribution in [0.4, 0.5) is 11.5 Å². The molecule has 0 aliphatic carbocycles. The average molecular weight is 274 g/mol. The summed E-state index contributed by atoms with van der Waals surface area (Å²) in [6.45, 7) is 2.74. The van der Waals surface area contributed by atoms with Crippen molar-refractivity contribution in [1.82, 2.24) is 4.98 Å². The van der Waals surface area contributed by atoms with Crippen LogP contribution in [0.1, 0.15) is 6.92 Å². The molecule has 1 heterocycles. The summed E-state index contributed by atoms with van der Waals surface area (Å²) < 4.78 is 6.00. The van der Waals surface area contributed by atoms with Crippen molar-refractivity contribution in [1.29, 1.82) is 0 Å². The molecule has 0 fully saturated rings. The highest BCUT2D eigenvalue weighted by Gasteiger charge is 2.13. The molecule has 1 rings (SSSR count). The van der Waals surface area contributed by atoms with Crippen molar-refractivity contribution in [3.05, 3.63) is 16.7 Å². The van der Waals surface area contributed by atoms with Gasteiger partial charge in [0.2, 0.25) is 0 Å². The summed E-state index contributed by atoms with van der Waals surface area (Å²) in [5, 5.41) is 0. The number of hydrogen-bond donors (Lipinski definition) is 1. The Kier molecular flexibility index (Phi) is 4.35. The number of hydrogen-bond acceptors (Lipinski definition) is 4. The van der Waals surface area contributed by atoms with E-state index in [1.165, 1.54) is 0 Å². The molecular formula is C10H16BrN3O. The minimum absolute atomic E-state index is 0.266. The molecule has 1 aromatic rings. The van der Waals surface area contributed by atoms with Gasteiger partial charge < -0.3 is 15.4 Å². The fraction of sp³-hybridized carbons (Fsp3) is 0.500. The molecule has 0 amide bonds. The van der Waals surface area contributed by atoms with Crippen molar-refractivity contribution in [2.45, 2.75) is 13.0 Å². The molecule has 84 valence electrons. The van der Waals surface area contributed by atoms with E-state index in [4.69, 9.17) is 10.5 Å². The number of nitrogens with zero attached hydrogens (tertiary/aromatic N) is 2. The van der Waals surface area contributed by atoms with Crippen LogP contribution in [-0.4, -0.2) is 31.8 Å². The summed E-state index contributed by atoms with van der Waals surface area (Å²) in [5.74, 6) is 0.869. The van der Waals surface area contributed by atoms with Crippen LogP contribution in [0.15, 0.2) is 16.7 Å². The lowest BCUT2D eigenvalue weighted by atomic mass is 10.3. The zero-order valence-corrected chi connectivity index (χ0v) is 10.8. The number of likely N-dealkylation sites (N-methyl/N-ethyl adjacent to an activating group) is 1. The first-order valence-corrected chi connectivity index (χ1v) is 5.48. The topological polar surface area (TPSA) is 51.4 Å². The molecule has 0 radical (unpaired) electrons. The number of rotatable bonds is 4. The lowest BCUT2D eigenvalue weighted by Gasteiger charge is -2.26. The molecule has 1 unspecified atom stereocenters. The second kappa shape index (κ2) is 5.32. The molecule has 0 saturated heterocycles. The molecule has 0 bridgehead atoms. The first kappa shape index (κ1) is 12.3. The minimum Gasteiger partial charge on any atom is -0.397 e. The fourth-order valence-corrected chi connectivity index (χ4v) is 1.91. The van der Waals surface area contributed by atoms with Crippen molar-refractivity contribution in [2.75, 3.05) is 31.4 Å². The van der Waals surface area contributed by atoms with Crippen LogP contribution in [0.3, 0.4) is 0 Å². The Labute approximate surface area is 98.6 Å². The van der Waals surface area contributed by atoms with Crippen LogP contribution in [-0.2, 0) is 4.74 Å². The van der Waals surface area contributed by atoms with Crippen molar-refractivity contribution >= 4 is 27.4 Å². The SMILES string of the molecule is COCC(C)N(C)c1ncc(N)cc1Br. The van der Waals surface area contributed by atoms with E-state index >= 15 is 0 Å². The Morgan fingerprint density at radius 2 is 2.33 bits per heavy atom. The van der Waals surface area contributed by atoms with E-state index in [0.29, 0.717) is 12.3 Å². The first-order chi connectivity index (χ1) is 7.06. The van der Waals surface area contributed by atoms with Crippen molar-refractivity contribution in [3.63, 3.8) is 0 Å². The molecule has 5 heteroatoms. The molecule has 0 aliphatic heterocycles. The number of nitrogens with two attached hydrogens (primary N) is 1. The van der Waals surface area contributed by atoms with Gasteiger partial charge >= 0.3 is 0 Å². The third-order valence-corrected chi connectivity index (χ3v) is 2.83. The molecule has 0 aliphatic rings. The lowest BCUT2D eigenvalue weighted by molar-refractivity contribution is 0.183. The second-order valence-electron chi connectivity index (χ2n) is 3.49. The lowest BCUT2D eigenvalue weighted by Crippen LogP contribution is -2.33. The molecule has 15 heavy (non-hydrogen) atoms. The predicted molar refractivity (Wildman–Crippen MR) is 66.1 cm³/mol. The monoisotopic (exact) mass is 273 g/mol. The van der Waals surface area contributed by atoms with Gasteiger partial charge in [-0.15, -0.1) is 0 Å². The molecule has 1 aromatic heterocycles. The number of aromatic nitrogens is 1. The van der Waals surface area contributed by atoms with Gasteiger partial charge in [-0.2, -0.15) is 0 Å². The van der Waals surface area contributed by atoms with Gasteiger partial charge in [-0.25, -0.2) is 4.98 Å². The number of pyridine rings is 1. The summed E-state index contributed by atoms with van der Waals surface area (Å²) in [7, 11) is 3.67. The first-order valence-electron chi connectivity index (χ1n) is 4.69. The van der Waals surface area contributed by atoms with Crippen molar-refractivity contribution in [3.8, 4) is 0 Å². The highest BCUT2D eigenvalue weighted by Crippen LogP contribution is 2.25. The summed E-state index contributed by atoms with van der Waals surface area (Å²) in [6, 6.07) is 2.11. The van der Waals surface area contributed by atoms with E-state index in [0.717, 1.165) is 10.3 Å². The van der Waals surface area contributed by atoms with Crippen molar-refractivity contribution < 1.29 is 4.74 Å². The molecule has 4 nitrogen and oxygen atoms in total. The fourth-order valence-electron chi connectivity index (χ4n) is 1.27. The van der Waals surface area contributed by atoms with Crippen LogP contribution in [0.5, 0.6) is 0 Å². The number of halogens is 1. The minimum atomic E-state index is 0.266. The Morgan fingerprint density at radius 1 is 1.67 bits per heavy atom. The van der Waals surface area contributed by atoms with E-state index in [1.807, 2.05) is 18.0 Å². The summed E-state index contributed by atoms with van der Waals surface area (Å²) in [5.41, 5.74) is 6.28. The van der Waals surface area contributed by atoms with E-state index in [-0.39, 0.29) is 6.04 Å². The Hall–Kier alpha value is -0.810. The average Bonchev–Trinajstić information content (AvgIpc) is 2.17. The van der Waals surface area contributed by atoms with E-state index in [2.05, 4.69) is 27.8 Å². The van der Waals surface area contributed by atoms with Crippen LogP contribution in [0.2, 0.25) is 0 Å². The van der Waals surface area contributed by atoms with Gasteiger partial charge in [0, 0.05) is 14.2 Å². The number of nitrogen functional groups attached to an aromatic ring is 1. The van der Waals surface area contributed by atoms with Gasteiger partial charge in [0.1, 0.15) is 5.82 Å². The highest BCUT2D eigenvalue weighted by molar-refractivity contribution is 9.10. The Morgan fingerprint density at radius 3 is 2.87 bits per heavy atom. The molecule has 0 spiro atoms. The highest BCUT2D eigenvalue weighted by atomic mass is 79.9. The quantitative estimate of drug-likeness (QED) is 0.911. The van der Waals surface area contributed by atoms with Gasteiger partial charge in [-0.1, -0.05) is 0 Å². The summed E-state index contributed by atoms with van der Waals surface area (Å²) in [4.78, 5) is 6.33. The molecule has 1 atom stereocenters. The normalized spacial score (nSPS) is 12.5. The zero-order chi connectivity index (χ0) is 11.4. The zero-order valence-electron chi connectivity index (χ0n) is 9.20. The maximum absolute atomic E-state index is 5.63. The van der Waals surface area contributed by atoms with Crippen molar-refractivity contribution in [2.24, 2.45) is 0 Å². The predicted octanol–water partition coefficient (Wildman–Crippen LogP) is 1.90. The number of anilines is 2. The third kappa shape index (κ3) is 3.07. The van der Waals surface area contributed by atoms with Gasteiger partial charge in [-0.3, -0.25) is 0 Å².